The maximum absolute atomic E-state index is 10.0. The molecule has 0 aliphatic carbocycles. The van der Waals surface area contributed by atoms with Crippen LogP contribution >= 0.6 is 15.9 Å². The van der Waals surface area contributed by atoms with Crippen LogP contribution in [0.1, 0.15) is 31.0 Å². The lowest BCUT2D eigenvalue weighted by atomic mass is 9.94. The molecule has 0 unspecified atom stereocenters. The summed E-state index contributed by atoms with van der Waals surface area (Å²) in [6.07, 6.45) is 5.70. The molecule has 1 N–H and O–H groups in total. The van der Waals surface area contributed by atoms with E-state index in [9.17, 15) is 5.11 Å². The highest BCUT2D eigenvalue weighted by molar-refractivity contribution is 9.10. The Hall–Kier alpha value is -1.69. The van der Waals surface area contributed by atoms with Gasteiger partial charge in [-0.2, -0.15) is 0 Å². The molecule has 1 saturated heterocycles. The fraction of sp³-hybridized carbons (Fsp3) is 0.381. The summed E-state index contributed by atoms with van der Waals surface area (Å²) in [5, 5.41) is 10.0. The number of rotatable bonds is 5. The molecule has 2 heterocycles. The Labute approximate surface area is 164 Å². The minimum Gasteiger partial charge on any atom is -0.508 e. The highest BCUT2D eigenvalue weighted by atomic mass is 79.9. The summed E-state index contributed by atoms with van der Waals surface area (Å²) in [5.74, 6) is 0.293. The van der Waals surface area contributed by atoms with Crippen LogP contribution in [0.2, 0.25) is 0 Å². The lowest BCUT2D eigenvalue weighted by Crippen LogP contribution is -2.57. The van der Waals surface area contributed by atoms with Gasteiger partial charge in [0.25, 0.3) is 0 Å². The Bertz CT molecular complexity index is 721. The molecule has 0 amide bonds. The van der Waals surface area contributed by atoms with Crippen LogP contribution in [0.15, 0.2) is 59.9 Å². The minimum atomic E-state index is 0.0513. The van der Waals surface area contributed by atoms with E-state index in [2.05, 4.69) is 63.3 Å². The lowest BCUT2D eigenvalue weighted by molar-refractivity contribution is 0.0305. The predicted molar refractivity (Wildman–Crippen MR) is 109 cm³/mol. The van der Waals surface area contributed by atoms with Crippen molar-refractivity contribution in [3.05, 3.63) is 71.0 Å². The molecule has 138 valence electrons. The molecule has 1 aromatic carbocycles. The first-order chi connectivity index (χ1) is 12.5. The van der Waals surface area contributed by atoms with Gasteiger partial charge >= 0.3 is 0 Å². The van der Waals surface area contributed by atoms with Crippen molar-refractivity contribution in [3.8, 4) is 5.75 Å². The first kappa shape index (κ1) is 19.1. The van der Waals surface area contributed by atoms with Gasteiger partial charge in [-0.25, -0.2) is 0 Å². The van der Waals surface area contributed by atoms with Gasteiger partial charge in [-0.3, -0.25) is 14.8 Å². The molecule has 1 aliphatic rings. The molecule has 0 saturated carbocycles. The summed E-state index contributed by atoms with van der Waals surface area (Å²) in [7, 11) is 0. The van der Waals surface area contributed by atoms with Gasteiger partial charge in [0.1, 0.15) is 5.75 Å². The van der Waals surface area contributed by atoms with E-state index >= 15 is 0 Å². The van der Waals surface area contributed by atoms with Crippen LogP contribution < -0.4 is 0 Å². The molecular weight excluding hydrogens is 390 g/mol. The van der Waals surface area contributed by atoms with E-state index in [0.717, 1.165) is 35.2 Å². The second kappa shape index (κ2) is 8.33. The van der Waals surface area contributed by atoms with Crippen molar-refractivity contribution < 1.29 is 5.11 Å². The fourth-order valence-electron chi connectivity index (χ4n) is 3.85. The first-order valence-corrected chi connectivity index (χ1v) is 9.79. The smallest absolute Gasteiger partial charge is 0.115 e. The van der Waals surface area contributed by atoms with Gasteiger partial charge in [-0.05, 0) is 59.1 Å². The van der Waals surface area contributed by atoms with Crippen molar-refractivity contribution >= 4 is 15.9 Å². The highest BCUT2D eigenvalue weighted by Crippen LogP contribution is 2.34. The van der Waals surface area contributed by atoms with Gasteiger partial charge < -0.3 is 5.11 Å². The second-order valence-electron chi connectivity index (χ2n) is 7.07. The molecule has 3 rings (SSSR count). The average molecular weight is 416 g/mol. The van der Waals surface area contributed by atoms with Gasteiger partial charge in [-0.15, -0.1) is 6.58 Å². The molecule has 1 aliphatic heterocycles. The van der Waals surface area contributed by atoms with Crippen LogP contribution in [-0.2, 0) is 0 Å². The molecule has 26 heavy (non-hydrogen) atoms. The first-order valence-electron chi connectivity index (χ1n) is 8.99. The van der Waals surface area contributed by atoms with Crippen LogP contribution in [0.4, 0.5) is 0 Å². The lowest BCUT2D eigenvalue weighted by Gasteiger charge is -2.47. The molecule has 2 aromatic rings. The third kappa shape index (κ3) is 4.17. The zero-order valence-corrected chi connectivity index (χ0v) is 16.9. The fourth-order valence-corrected chi connectivity index (χ4v) is 4.24. The summed E-state index contributed by atoms with van der Waals surface area (Å²) < 4.78 is 0.964. The van der Waals surface area contributed by atoms with E-state index < -0.39 is 0 Å². The van der Waals surface area contributed by atoms with E-state index in [1.54, 1.807) is 12.3 Å². The van der Waals surface area contributed by atoms with Crippen molar-refractivity contribution in [2.75, 3.05) is 19.6 Å². The molecule has 0 radical (unpaired) electrons. The highest BCUT2D eigenvalue weighted by Gasteiger charge is 2.34. The number of benzene rings is 1. The van der Waals surface area contributed by atoms with E-state index in [0.29, 0.717) is 17.8 Å². The maximum Gasteiger partial charge on any atom is 0.115 e. The number of nitrogens with zero attached hydrogens (tertiary/aromatic N) is 3. The molecule has 0 spiro atoms. The van der Waals surface area contributed by atoms with Gasteiger partial charge in [0.05, 0.1) is 6.04 Å². The standard InChI is InChI=1S/C21H26BrN3O/c1-4-8-24-13-16(3)25(14-15(24)2)21(17-6-5-7-20(26)10-17)18-9-19(22)12-23-11-18/h4-7,9-12,15-16,21,26H,1,8,13-14H2,2-3H3/t15-,16+,21+/m1/s1. The molecule has 0 bridgehead atoms. The maximum atomic E-state index is 10.0. The summed E-state index contributed by atoms with van der Waals surface area (Å²) in [4.78, 5) is 9.36. The quantitative estimate of drug-likeness (QED) is 0.741. The van der Waals surface area contributed by atoms with Crippen molar-refractivity contribution in [3.63, 3.8) is 0 Å². The molecule has 1 aromatic heterocycles. The van der Waals surface area contributed by atoms with Crippen molar-refractivity contribution in [2.45, 2.75) is 32.0 Å². The zero-order valence-electron chi connectivity index (χ0n) is 15.3. The molecule has 1 fully saturated rings. The second-order valence-corrected chi connectivity index (χ2v) is 7.99. The Morgan fingerprint density at radius 2 is 2.04 bits per heavy atom. The minimum absolute atomic E-state index is 0.0513. The number of aromatic hydroxyl groups is 1. The summed E-state index contributed by atoms with van der Waals surface area (Å²) in [6, 6.07) is 10.5. The number of phenols is 1. The topological polar surface area (TPSA) is 39.6 Å². The van der Waals surface area contributed by atoms with Crippen LogP contribution in [-0.4, -0.2) is 51.6 Å². The Balaban J connectivity index is 1.99. The van der Waals surface area contributed by atoms with Crippen LogP contribution in [0, 0.1) is 0 Å². The summed E-state index contributed by atoms with van der Waals surface area (Å²) in [5.41, 5.74) is 2.21. The Morgan fingerprint density at radius 3 is 2.73 bits per heavy atom. The van der Waals surface area contributed by atoms with Crippen molar-refractivity contribution in [1.82, 2.24) is 14.8 Å². The third-order valence-corrected chi connectivity index (χ3v) is 5.52. The Morgan fingerprint density at radius 1 is 1.23 bits per heavy atom. The van der Waals surface area contributed by atoms with E-state index in [1.165, 1.54) is 0 Å². The Kier molecular flexibility index (Phi) is 6.12. The monoisotopic (exact) mass is 415 g/mol. The summed E-state index contributed by atoms with van der Waals surface area (Å²) >= 11 is 3.55. The number of halogens is 1. The molecule has 5 heteroatoms. The van der Waals surface area contributed by atoms with Gasteiger partial charge in [-0.1, -0.05) is 18.2 Å². The molecule has 4 nitrogen and oxygen atoms in total. The van der Waals surface area contributed by atoms with Crippen LogP contribution in [0.3, 0.4) is 0 Å². The number of hydrogen-bond donors (Lipinski definition) is 1. The van der Waals surface area contributed by atoms with Crippen LogP contribution in [0.25, 0.3) is 0 Å². The normalized spacial score (nSPS) is 22.9. The average Bonchev–Trinajstić information content (AvgIpc) is 2.60. The summed E-state index contributed by atoms with van der Waals surface area (Å²) in [6.45, 7) is 11.3. The number of phenolic OH excluding ortho intramolecular Hbond substituents is 1. The number of piperazine rings is 1. The van der Waals surface area contributed by atoms with Crippen LogP contribution in [0.5, 0.6) is 5.75 Å². The van der Waals surface area contributed by atoms with Gasteiger partial charge in [0.15, 0.2) is 0 Å². The van der Waals surface area contributed by atoms with Crippen molar-refractivity contribution in [2.24, 2.45) is 0 Å². The SMILES string of the molecule is C=CCN1C[C@H](C)N([C@@H](c2cccc(O)c2)c2cncc(Br)c2)C[C@H]1C. The van der Waals surface area contributed by atoms with Gasteiger partial charge in [0.2, 0.25) is 0 Å². The van der Waals surface area contributed by atoms with E-state index in [1.807, 2.05) is 24.4 Å². The zero-order chi connectivity index (χ0) is 18.7. The van der Waals surface area contributed by atoms with E-state index in [-0.39, 0.29) is 6.04 Å². The van der Waals surface area contributed by atoms with Crippen molar-refractivity contribution in [1.29, 1.82) is 0 Å². The largest absolute Gasteiger partial charge is 0.508 e. The number of aromatic nitrogens is 1. The predicted octanol–water partition coefficient (Wildman–Crippen LogP) is 4.22. The van der Waals surface area contributed by atoms with Gasteiger partial charge in [0, 0.05) is 48.6 Å². The third-order valence-electron chi connectivity index (χ3n) is 5.09. The van der Waals surface area contributed by atoms with E-state index in [4.69, 9.17) is 0 Å². The molecular formula is C21H26BrN3O. The number of hydrogen-bond acceptors (Lipinski definition) is 4. The molecule has 3 atom stereocenters. The number of pyridine rings is 1.